The largest absolute Gasteiger partial charge is 0.496 e. The molecule has 1 fully saturated rings. The Morgan fingerprint density at radius 1 is 1.00 bits per heavy atom. The maximum Gasteiger partial charge on any atom is 0.416 e. The Bertz CT molecular complexity index is 1550. The Labute approximate surface area is 261 Å². The fourth-order valence-electron chi connectivity index (χ4n) is 5.58. The number of benzene rings is 3. The third-order valence-electron chi connectivity index (χ3n) is 8.37. The second kappa shape index (κ2) is 13.8. The zero-order chi connectivity index (χ0) is 32.1. The number of hydrazone groups is 1. The predicted molar refractivity (Wildman–Crippen MR) is 164 cm³/mol. The van der Waals surface area contributed by atoms with Gasteiger partial charge in [0, 0.05) is 43.7 Å². The highest BCUT2D eigenvalue weighted by atomic mass is 19.4. The average molecular weight is 623 g/mol. The van der Waals surface area contributed by atoms with Gasteiger partial charge >= 0.3 is 6.18 Å². The molecule has 0 aliphatic carbocycles. The van der Waals surface area contributed by atoms with E-state index < -0.39 is 29.6 Å². The van der Waals surface area contributed by atoms with Crippen LogP contribution < -0.4 is 4.74 Å². The first-order valence-corrected chi connectivity index (χ1v) is 14.9. The number of carbonyl (C=O) groups is 2. The molecule has 0 spiro atoms. The molecule has 1 unspecified atom stereocenters. The topological polar surface area (TPSA) is 74.7 Å². The van der Waals surface area contributed by atoms with Crippen molar-refractivity contribution >= 4 is 17.5 Å². The number of hydrogen-bond donors (Lipinski definition) is 0. The summed E-state index contributed by atoms with van der Waals surface area (Å²) in [5.41, 5.74) is 3.88. The zero-order valence-electron chi connectivity index (χ0n) is 25.6. The van der Waals surface area contributed by atoms with Crippen molar-refractivity contribution in [1.29, 1.82) is 0 Å². The minimum Gasteiger partial charge on any atom is -0.496 e. The summed E-state index contributed by atoms with van der Waals surface area (Å²) >= 11 is 0. The van der Waals surface area contributed by atoms with E-state index in [4.69, 9.17) is 14.6 Å². The molecule has 2 aliphatic rings. The van der Waals surface area contributed by atoms with E-state index in [9.17, 15) is 22.8 Å². The summed E-state index contributed by atoms with van der Waals surface area (Å²) in [6, 6.07) is 17.1. The Hall–Kier alpha value is -4.22. The van der Waals surface area contributed by atoms with Gasteiger partial charge in [0.2, 0.25) is 0 Å². The number of alkyl halides is 3. The Balaban J connectivity index is 1.45. The van der Waals surface area contributed by atoms with E-state index in [0.717, 1.165) is 52.2 Å². The van der Waals surface area contributed by atoms with Crippen molar-refractivity contribution in [3.63, 3.8) is 0 Å². The fourth-order valence-corrected chi connectivity index (χ4v) is 5.58. The number of methoxy groups -OCH3 is 1. The van der Waals surface area contributed by atoms with Gasteiger partial charge in [0.1, 0.15) is 12.3 Å². The predicted octanol–water partition coefficient (Wildman–Crippen LogP) is 5.48. The molecule has 3 aromatic rings. The molecule has 2 amide bonds. The van der Waals surface area contributed by atoms with Gasteiger partial charge in [-0.25, -0.2) is 5.01 Å². The second-order valence-electron chi connectivity index (χ2n) is 11.3. The molecule has 1 atom stereocenters. The summed E-state index contributed by atoms with van der Waals surface area (Å²) in [6.07, 6.45) is -4.09. The van der Waals surface area contributed by atoms with Crippen molar-refractivity contribution in [3.8, 4) is 5.75 Å². The molecular weight excluding hydrogens is 585 g/mol. The van der Waals surface area contributed by atoms with E-state index in [0.29, 0.717) is 45.0 Å². The Kier molecular flexibility index (Phi) is 9.89. The van der Waals surface area contributed by atoms with Gasteiger partial charge in [0.05, 0.1) is 37.6 Å². The van der Waals surface area contributed by atoms with Crippen LogP contribution in [0.5, 0.6) is 5.75 Å². The van der Waals surface area contributed by atoms with E-state index in [1.165, 1.54) is 9.91 Å². The molecule has 8 nitrogen and oxygen atoms in total. The van der Waals surface area contributed by atoms with Crippen molar-refractivity contribution in [2.24, 2.45) is 5.10 Å². The van der Waals surface area contributed by atoms with Crippen LogP contribution in [-0.2, 0) is 15.7 Å². The molecule has 0 saturated carbocycles. The molecule has 0 aromatic heterocycles. The first kappa shape index (κ1) is 32.2. The quantitative estimate of drug-likeness (QED) is 0.316. The van der Waals surface area contributed by atoms with Crippen molar-refractivity contribution in [3.05, 3.63) is 100 Å². The molecule has 0 bridgehead atoms. The molecule has 238 valence electrons. The van der Waals surface area contributed by atoms with E-state index in [2.05, 4.69) is 4.90 Å². The normalized spacial score (nSPS) is 17.2. The number of halogens is 3. The lowest BCUT2D eigenvalue weighted by Gasteiger charge is -2.31. The molecule has 45 heavy (non-hydrogen) atoms. The van der Waals surface area contributed by atoms with Crippen LogP contribution in [-0.4, -0.2) is 85.4 Å². The van der Waals surface area contributed by atoms with Crippen molar-refractivity contribution in [1.82, 2.24) is 14.8 Å². The number of aryl methyl sites for hydroxylation is 2. The van der Waals surface area contributed by atoms with E-state index in [1.54, 1.807) is 7.11 Å². The summed E-state index contributed by atoms with van der Waals surface area (Å²) in [7, 11) is 1.57. The van der Waals surface area contributed by atoms with Crippen molar-refractivity contribution in [2.75, 3.05) is 53.0 Å². The van der Waals surface area contributed by atoms with Gasteiger partial charge in [-0.1, -0.05) is 30.3 Å². The van der Waals surface area contributed by atoms with Crippen LogP contribution in [0.1, 0.15) is 50.6 Å². The summed E-state index contributed by atoms with van der Waals surface area (Å²) < 4.78 is 50.6. The molecule has 2 heterocycles. The summed E-state index contributed by atoms with van der Waals surface area (Å²) in [4.78, 5) is 31.3. The van der Waals surface area contributed by atoms with Gasteiger partial charge in [0.25, 0.3) is 11.8 Å². The Morgan fingerprint density at radius 2 is 1.71 bits per heavy atom. The summed E-state index contributed by atoms with van der Waals surface area (Å²) in [5.74, 6) is -0.328. The molecule has 3 aromatic carbocycles. The molecular formula is C34H37F3N4O4. The summed E-state index contributed by atoms with van der Waals surface area (Å²) in [6.45, 7) is 6.93. The van der Waals surface area contributed by atoms with Gasteiger partial charge in [-0.2, -0.15) is 18.3 Å². The fraction of sp³-hybridized carbons (Fsp3) is 0.382. The highest BCUT2D eigenvalue weighted by molar-refractivity contribution is 6.04. The molecule has 2 aliphatic heterocycles. The Morgan fingerprint density at radius 3 is 2.38 bits per heavy atom. The maximum absolute atomic E-state index is 14.1. The molecule has 11 heteroatoms. The minimum absolute atomic E-state index is 0.0693. The van der Waals surface area contributed by atoms with Gasteiger partial charge in [-0.3, -0.25) is 14.5 Å². The van der Waals surface area contributed by atoms with Gasteiger partial charge in [-0.15, -0.1) is 0 Å². The van der Waals surface area contributed by atoms with Crippen LogP contribution in [0.2, 0.25) is 0 Å². The van der Waals surface area contributed by atoms with Crippen LogP contribution in [0.3, 0.4) is 0 Å². The molecule has 0 N–H and O–H groups in total. The van der Waals surface area contributed by atoms with Gasteiger partial charge in [-0.05, 0) is 66.9 Å². The number of para-hydroxylation sites is 1. The highest BCUT2D eigenvalue weighted by Gasteiger charge is 2.36. The minimum atomic E-state index is -4.53. The first-order chi connectivity index (χ1) is 21.5. The number of hydrogen-bond acceptors (Lipinski definition) is 6. The number of morpholine rings is 1. The van der Waals surface area contributed by atoms with Crippen LogP contribution in [0, 0.1) is 13.8 Å². The molecule has 1 saturated heterocycles. The number of amides is 2. The molecule has 5 rings (SSSR count). The van der Waals surface area contributed by atoms with Crippen LogP contribution in [0.25, 0.3) is 0 Å². The first-order valence-electron chi connectivity index (χ1n) is 14.9. The number of nitrogens with zero attached hydrogens (tertiary/aromatic N) is 4. The van der Waals surface area contributed by atoms with Crippen LogP contribution >= 0.6 is 0 Å². The smallest absolute Gasteiger partial charge is 0.416 e. The van der Waals surface area contributed by atoms with Gasteiger partial charge < -0.3 is 14.4 Å². The van der Waals surface area contributed by atoms with Crippen molar-refractivity contribution in [2.45, 2.75) is 32.5 Å². The number of rotatable bonds is 9. The molecule has 0 radical (unpaired) electrons. The van der Waals surface area contributed by atoms with Crippen LogP contribution in [0.4, 0.5) is 13.2 Å². The maximum atomic E-state index is 14.1. The number of ether oxygens (including phenoxy) is 2. The lowest BCUT2D eigenvalue weighted by Crippen LogP contribution is -2.46. The van der Waals surface area contributed by atoms with Crippen molar-refractivity contribution < 1.29 is 32.2 Å². The van der Waals surface area contributed by atoms with Crippen LogP contribution in [0.15, 0.2) is 71.8 Å². The second-order valence-corrected chi connectivity index (χ2v) is 11.3. The average Bonchev–Trinajstić information content (AvgIpc) is 3.49. The van der Waals surface area contributed by atoms with E-state index >= 15 is 0 Å². The van der Waals surface area contributed by atoms with E-state index in [1.807, 2.05) is 56.3 Å². The SMILES string of the molecule is COc1ccccc1C1CC(c2ccc(C)c(C)c2)=NN1C(=O)CN(CCN1CCOCC1)C(=O)c1ccc(C(F)(F)F)cc1. The summed E-state index contributed by atoms with van der Waals surface area (Å²) in [5, 5.41) is 6.21. The standard InChI is InChI=1S/C34H37F3N4O4/c1-23-8-9-26(20-24(23)2)29-21-30(28-6-4-5-7-31(28)44-3)41(38-29)32(42)22-40(15-14-39-16-18-45-19-17-39)33(43)25-10-12-27(13-11-25)34(35,36)37/h4-13,20,30H,14-19,21-22H2,1-3H3. The number of carbonyl (C=O) groups excluding carboxylic acids is 2. The third kappa shape index (κ3) is 7.54. The van der Waals surface area contributed by atoms with Gasteiger partial charge in [0.15, 0.2) is 0 Å². The van der Waals surface area contributed by atoms with E-state index in [-0.39, 0.29) is 18.7 Å². The zero-order valence-corrected chi connectivity index (χ0v) is 25.6. The lowest BCUT2D eigenvalue weighted by atomic mass is 9.96. The monoisotopic (exact) mass is 622 g/mol. The highest BCUT2D eigenvalue weighted by Crippen LogP contribution is 2.38. The lowest BCUT2D eigenvalue weighted by molar-refractivity contribution is -0.137. The third-order valence-corrected chi connectivity index (χ3v) is 8.37.